The Morgan fingerprint density at radius 3 is 2.73 bits per heavy atom. The van der Waals surface area contributed by atoms with Gasteiger partial charge in [-0.05, 0) is 36.9 Å². The zero-order chi connectivity index (χ0) is 18.5. The summed E-state index contributed by atoms with van der Waals surface area (Å²) in [6.07, 6.45) is 1.80. The van der Waals surface area contributed by atoms with Crippen LogP contribution in [0.5, 0.6) is 5.75 Å². The topological polar surface area (TPSA) is 68.5 Å². The van der Waals surface area contributed by atoms with E-state index in [1.807, 2.05) is 25.2 Å². The highest BCUT2D eigenvalue weighted by Crippen LogP contribution is 2.25. The van der Waals surface area contributed by atoms with Crippen LogP contribution in [0.25, 0.3) is 10.9 Å². The number of hydrogen-bond acceptors (Lipinski definition) is 4. The van der Waals surface area contributed by atoms with Crippen molar-refractivity contribution in [3.05, 3.63) is 70.9 Å². The lowest BCUT2D eigenvalue weighted by molar-refractivity contribution is -0.119. The molecule has 134 valence electrons. The first kappa shape index (κ1) is 18.2. The molecule has 0 saturated carbocycles. The SMILES string of the molecule is CN(Cc1cc(Cl)ccc1OCC(N)=O)Cc1cccc2cccnc12. The Labute approximate surface area is 157 Å². The Morgan fingerprint density at radius 2 is 1.92 bits per heavy atom. The Morgan fingerprint density at radius 1 is 1.15 bits per heavy atom. The van der Waals surface area contributed by atoms with Gasteiger partial charge >= 0.3 is 0 Å². The van der Waals surface area contributed by atoms with Crippen LogP contribution in [0.15, 0.2) is 54.7 Å². The van der Waals surface area contributed by atoms with Gasteiger partial charge in [0, 0.05) is 35.3 Å². The molecule has 0 bridgehead atoms. The Bertz CT molecular complexity index is 925. The molecule has 3 aromatic rings. The van der Waals surface area contributed by atoms with Crippen molar-refractivity contribution in [3.8, 4) is 5.75 Å². The first-order valence-corrected chi connectivity index (χ1v) is 8.61. The molecule has 5 nitrogen and oxygen atoms in total. The molecule has 6 heteroatoms. The molecular formula is C20H20ClN3O2. The fourth-order valence-corrected chi connectivity index (χ4v) is 3.09. The lowest BCUT2D eigenvalue weighted by Crippen LogP contribution is -2.22. The maximum Gasteiger partial charge on any atom is 0.255 e. The van der Waals surface area contributed by atoms with Gasteiger partial charge in [0.1, 0.15) is 5.75 Å². The predicted molar refractivity (Wildman–Crippen MR) is 103 cm³/mol. The zero-order valence-corrected chi connectivity index (χ0v) is 15.2. The van der Waals surface area contributed by atoms with E-state index in [2.05, 4.69) is 28.1 Å². The van der Waals surface area contributed by atoms with E-state index in [1.165, 1.54) is 0 Å². The van der Waals surface area contributed by atoms with Crippen molar-refractivity contribution in [2.24, 2.45) is 5.73 Å². The molecule has 0 fully saturated rings. The molecule has 2 N–H and O–H groups in total. The van der Waals surface area contributed by atoms with E-state index < -0.39 is 5.91 Å². The number of para-hydroxylation sites is 1. The van der Waals surface area contributed by atoms with E-state index in [1.54, 1.807) is 18.3 Å². The first-order valence-electron chi connectivity index (χ1n) is 8.23. The van der Waals surface area contributed by atoms with Crippen molar-refractivity contribution in [1.82, 2.24) is 9.88 Å². The standard InChI is InChI=1S/C20H20ClN3O2/c1-24(11-15-5-2-4-14-6-3-9-23-20(14)15)12-16-10-17(21)7-8-18(16)26-13-19(22)25/h2-10H,11-13H2,1H3,(H2,22,25). The number of benzene rings is 2. The van der Waals surface area contributed by atoms with Crippen molar-refractivity contribution < 1.29 is 9.53 Å². The van der Waals surface area contributed by atoms with Crippen molar-refractivity contribution in [2.75, 3.05) is 13.7 Å². The average molecular weight is 370 g/mol. The third-order valence-corrected chi connectivity index (χ3v) is 4.22. The van der Waals surface area contributed by atoms with Gasteiger partial charge in [0.2, 0.25) is 0 Å². The predicted octanol–water partition coefficient (Wildman–Crippen LogP) is 3.38. The van der Waals surface area contributed by atoms with Crippen LogP contribution in [0.1, 0.15) is 11.1 Å². The van der Waals surface area contributed by atoms with Crippen molar-refractivity contribution in [2.45, 2.75) is 13.1 Å². The van der Waals surface area contributed by atoms with Crippen LogP contribution in [-0.2, 0) is 17.9 Å². The first-order chi connectivity index (χ1) is 12.5. The number of ether oxygens (including phenoxy) is 1. The number of nitrogens with two attached hydrogens (primary N) is 1. The highest BCUT2D eigenvalue weighted by Gasteiger charge is 2.11. The number of pyridine rings is 1. The average Bonchev–Trinajstić information content (AvgIpc) is 2.61. The largest absolute Gasteiger partial charge is 0.483 e. The fraction of sp³-hybridized carbons (Fsp3) is 0.200. The van der Waals surface area contributed by atoms with Crippen LogP contribution in [-0.4, -0.2) is 29.4 Å². The Kier molecular flexibility index (Phi) is 5.71. The maximum absolute atomic E-state index is 11.0. The number of hydrogen-bond donors (Lipinski definition) is 1. The maximum atomic E-state index is 11.0. The minimum absolute atomic E-state index is 0.161. The quantitative estimate of drug-likeness (QED) is 0.693. The van der Waals surface area contributed by atoms with Crippen LogP contribution >= 0.6 is 11.6 Å². The van der Waals surface area contributed by atoms with E-state index in [-0.39, 0.29) is 6.61 Å². The summed E-state index contributed by atoms with van der Waals surface area (Å²) >= 11 is 6.13. The van der Waals surface area contributed by atoms with Gasteiger partial charge in [0.25, 0.3) is 5.91 Å². The summed E-state index contributed by atoms with van der Waals surface area (Å²) in [6, 6.07) is 15.5. The summed E-state index contributed by atoms with van der Waals surface area (Å²) in [7, 11) is 2.01. The van der Waals surface area contributed by atoms with Gasteiger partial charge in [0.15, 0.2) is 6.61 Å². The summed E-state index contributed by atoms with van der Waals surface area (Å²) < 4.78 is 5.50. The van der Waals surface area contributed by atoms with E-state index in [0.29, 0.717) is 17.3 Å². The smallest absolute Gasteiger partial charge is 0.255 e. The molecule has 0 aliphatic carbocycles. The zero-order valence-electron chi connectivity index (χ0n) is 14.5. The fourth-order valence-electron chi connectivity index (χ4n) is 2.89. The molecule has 26 heavy (non-hydrogen) atoms. The summed E-state index contributed by atoms with van der Waals surface area (Å²) in [5.74, 6) is 0.0946. The monoisotopic (exact) mass is 369 g/mol. The summed E-state index contributed by atoms with van der Waals surface area (Å²) in [4.78, 5) is 17.6. The number of amides is 1. The molecule has 1 amide bonds. The molecule has 0 spiro atoms. The molecule has 3 rings (SSSR count). The minimum Gasteiger partial charge on any atom is -0.483 e. The molecule has 0 aliphatic rings. The second kappa shape index (κ2) is 8.17. The molecular weight excluding hydrogens is 350 g/mol. The minimum atomic E-state index is -0.513. The second-order valence-electron chi connectivity index (χ2n) is 6.17. The van der Waals surface area contributed by atoms with Gasteiger partial charge in [0.05, 0.1) is 5.52 Å². The van der Waals surface area contributed by atoms with E-state index in [4.69, 9.17) is 22.1 Å². The highest BCUT2D eigenvalue weighted by molar-refractivity contribution is 6.30. The molecule has 0 aliphatic heterocycles. The van der Waals surface area contributed by atoms with Gasteiger partial charge in [-0.15, -0.1) is 0 Å². The number of carbonyl (C=O) groups excluding carboxylic acids is 1. The van der Waals surface area contributed by atoms with Crippen LogP contribution in [0.3, 0.4) is 0 Å². The third-order valence-electron chi connectivity index (χ3n) is 3.99. The molecule has 0 saturated heterocycles. The van der Waals surface area contributed by atoms with Crippen molar-refractivity contribution >= 4 is 28.4 Å². The second-order valence-corrected chi connectivity index (χ2v) is 6.61. The summed E-state index contributed by atoms with van der Waals surface area (Å²) in [5.41, 5.74) is 8.21. The van der Waals surface area contributed by atoms with Gasteiger partial charge in [-0.3, -0.25) is 14.7 Å². The van der Waals surface area contributed by atoms with Crippen LogP contribution in [0.4, 0.5) is 0 Å². The van der Waals surface area contributed by atoms with Crippen LogP contribution in [0.2, 0.25) is 5.02 Å². The van der Waals surface area contributed by atoms with E-state index in [0.717, 1.165) is 28.6 Å². The lowest BCUT2D eigenvalue weighted by atomic mass is 10.1. The van der Waals surface area contributed by atoms with E-state index in [9.17, 15) is 4.79 Å². The van der Waals surface area contributed by atoms with Gasteiger partial charge in [-0.2, -0.15) is 0 Å². The molecule has 0 unspecified atom stereocenters. The highest BCUT2D eigenvalue weighted by atomic mass is 35.5. The number of carbonyl (C=O) groups is 1. The number of halogens is 1. The normalized spacial score (nSPS) is 11.0. The van der Waals surface area contributed by atoms with Gasteiger partial charge in [-0.25, -0.2) is 0 Å². The summed E-state index contributed by atoms with van der Waals surface area (Å²) in [6.45, 7) is 1.17. The number of rotatable bonds is 7. The third kappa shape index (κ3) is 4.50. The Hall–Kier alpha value is -2.63. The van der Waals surface area contributed by atoms with Crippen LogP contribution < -0.4 is 10.5 Å². The summed E-state index contributed by atoms with van der Waals surface area (Å²) in [5, 5.41) is 1.73. The molecule has 2 aromatic carbocycles. The number of nitrogens with zero attached hydrogens (tertiary/aromatic N) is 2. The Balaban J connectivity index is 1.78. The van der Waals surface area contributed by atoms with E-state index >= 15 is 0 Å². The van der Waals surface area contributed by atoms with Gasteiger partial charge in [-0.1, -0.05) is 35.9 Å². The lowest BCUT2D eigenvalue weighted by Gasteiger charge is -2.20. The van der Waals surface area contributed by atoms with Crippen LogP contribution in [0, 0.1) is 0 Å². The molecule has 1 heterocycles. The number of fused-ring (bicyclic) bond motifs is 1. The number of primary amides is 1. The number of aromatic nitrogens is 1. The van der Waals surface area contributed by atoms with Crippen molar-refractivity contribution in [1.29, 1.82) is 0 Å². The molecule has 0 atom stereocenters. The molecule has 0 radical (unpaired) electrons. The van der Waals surface area contributed by atoms with Gasteiger partial charge < -0.3 is 10.5 Å². The molecule has 1 aromatic heterocycles. The van der Waals surface area contributed by atoms with Crippen molar-refractivity contribution in [3.63, 3.8) is 0 Å².